The lowest BCUT2D eigenvalue weighted by Gasteiger charge is -2.38. The van der Waals surface area contributed by atoms with E-state index in [0.29, 0.717) is 11.5 Å². The van der Waals surface area contributed by atoms with Gasteiger partial charge < -0.3 is 24.8 Å². The SMILES string of the molecule is CN=C(NCC1(C)CCCS1)NCC1(c2ccc3c(c2)OCO3)CCOCC1.I. The molecule has 1 aromatic rings. The van der Waals surface area contributed by atoms with Gasteiger partial charge in [0.15, 0.2) is 17.5 Å². The molecule has 0 radical (unpaired) electrons. The molecule has 4 rings (SSSR count). The minimum Gasteiger partial charge on any atom is -0.454 e. The molecule has 0 spiro atoms. The van der Waals surface area contributed by atoms with E-state index in [1.54, 1.807) is 0 Å². The molecule has 0 bridgehead atoms. The van der Waals surface area contributed by atoms with Gasteiger partial charge in [0, 0.05) is 43.5 Å². The van der Waals surface area contributed by atoms with E-state index < -0.39 is 0 Å². The molecule has 1 atom stereocenters. The molecule has 0 saturated carbocycles. The van der Waals surface area contributed by atoms with Crippen molar-refractivity contribution in [2.24, 2.45) is 4.99 Å². The summed E-state index contributed by atoms with van der Waals surface area (Å²) in [4.78, 5) is 4.46. The smallest absolute Gasteiger partial charge is 0.231 e. The average Bonchev–Trinajstić information content (AvgIpc) is 3.37. The van der Waals surface area contributed by atoms with Crippen LogP contribution in [0.2, 0.25) is 0 Å². The Bertz CT molecular complexity index is 719. The van der Waals surface area contributed by atoms with Gasteiger partial charge in [0.1, 0.15) is 0 Å². The van der Waals surface area contributed by atoms with Crippen molar-refractivity contribution in [1.82, 2.24) is 10.6 Å². The Morgan fingerprint density at radius 3 is 2.59 bits per heavy atom. The molecule has 3 heterocycles. The fourth-order valence-electron chi connectivity index (χ4n) is 4.28. The molecular weight excluding hydrogens is 501 g/mol. The van der Waals surface area contributed by atoms with Crippen LogP contribution in [0.3, 0.4) is 0 Å². The van der Waals surface area contributed by atoms with Crippen LogP contribution in [-0.4, -0.2) is 56.6 Å². The third kappa shape index (κ3) is 5.25. The molecule has 0 amide bonds. The first-order valence-corrected chi connectivity index (χ1v) is 11.2. The number of guanidine groups is 1. The van der Waals surface area contributed by atoms with Gasteiger partial charge in [-0.25, -0.2) is 0 Å². The zero-order valence-corrected chi connectivity index (χ0v) is 20.4. The molecule has 6 nitrogen and oxygen atoms in total. The van der Waals surface area contributed by atoms with E-state index >= 15 is 0 Å². The molecule has 2 fully saturated rings. The third-order valence-corrected chi connectivity index (χ3v) is 7.72. The summed E-state index contributed by atoms with van der Waals surface area (Å²) >= 11 is 2.06. The average molecular weight is 533 g/mol. The summed E-state index contributed by atoms with van der Waals surface area (Å²) in [7, 11) is 1.84. The van der Waals surface area contributed by atoms with Gasteiger partial charge in [-0.1, -0.05) is 6.07 Å². The van der Waals surface area contributed by atoms with Crippen LogP contribution in [0.4, 0.5) is 0 Å². The number of benzene rings is 1. The van der Waals surface area contributed by atoms with Gasteiger partial charge in [0.2, 0.25) is 6.79 Å². The number of ether oxygens (including phenoxy) is 3. The van der Waals surface area contributed by atoms with E-state index in [9.17, 15) is 0 Å². The van der Waals surface area contributed by atoms with Gasteiger partial charge >= 0.3 is 0 Å². The van der Waals surface area contributed by atoms with Crippen LogP contribution < -0.4 is 20.1 Å². The second-order valence-corrected chi connectivity index (χ2v) is 9.82. The molecule has 2 saturated heterocycles. The van der Waals surface area contributed by atoms with Gasteiger partial charge in [0.25, 0.3) is 0 Å². The standard InChI is InChI=1S/C21H31N3O3S.HI/c1-20(6-3-11-28-20)13-23-19(22-2)24-14-21(7-9-25-10-8-21)16-4-5-17-18(12-16)27-15-26-17;/h4-5,12H,3,6-11,13-15H2,1-2H3,(H2,22,23,24);1H. The molecule has 1 aromatic carbocycles. The second kappa shape index (κ2) is 9.96. The normalized spacial score (nSPS) is 25.4. The lowest BCUT2D eigenvalue weighted by molar-refractivity contribution is 0.0513. The van der Waals surface area contributed by atoms with E-state index in [-0.39, 0.29) is 29.4 Å². The molecular formula is C21H32IN3O3S. The topological polar surface area (TPSA) is 64.1 Å². The largest absolute Gasteiger partial charge is 0.454 e. The van der Waals surface area contributed by atoms with E-state index in [1.807, 2.05) is 13.1 Å². The Labute approximate surface area is 194 Å². The zero-order valence-electron chi connectivity index (χ0n) is 17.3. The molecule has 0 aliphatic carbocycles. The number of thioether (sulfide) groups is 1. The molecule has 162 valence electrons. The number of rotatable bonds is 5. The summed E-state index contributed by atoms with van der Waals surface area (Å²) in [5.41, 5.74) is 1.28. The summed E-state index contributed by atoms with van der Waals surface area (Å²) in [5.74, 6) is 3.81. The molecule has 29 heavy (non-hydrogen) atoms. The van der Waals surface area contributed by atoms with E-state index in [2.05, 4.69) is 46.4 Å². The Morgan fingerprint density at radius 1 is 1.10 bits per heavy atom. The monoisotopic (exact) mass is 533 g/mol. The molecule has 8 heteroatoms. The molecule has 0 aromatic heterocycles. The summed E-state index contributed by atoms with van der Waals surface area (Å²) < 4.78 is 17.1. The van der Waals surface area contributed by atoms with Gasteiger partial charge in [-0.2, -0.15) is 11.8 Å². The highest BCUT2D eigenvalue weighted by atomic mass is 127. The van der Waals surface area contributed by atoms with Crippen molar-refractivity contribution in [3.05, 3.63) is 23.8 Å². The number of hydrogen-bond acceptors (Lipinski definition) is 5. The maximum absolute atomic E-state index is 5.67. The van der Waals surface area contributed by atoms with E-state index in [0.717, 1.165) is 56.6 Å². The number of halogens is 1. The van der Waals surface area contributed by atoms with Crippen LogP contribution in [0.5, 0.6) is 11.5 Å². The quantitative estimate of drug-likeness (QED) is 0.343. The summed E-state index contributed by atoms with van der Waals surface area (Å²) in [6.07, 6.45) is 4.52. The highest BCUT2D eigenvalue weighted by Crippen LogP contribution is 2.40. The summed E-state index contributed by atoms with van der Waals surface area (Å²) in [6.45, 7) is 5.96. The predicted molar refractivity (Wildman–Crippen MR) is 129 cm³/mol. The van der Waals surface area contributed by atoms with Gasteiger partial charge in [-0.3, -0.25) is 4.99 Å². The van der Waals surface area contributed by atoms with Gasteiger partial charge in [0.05, 0.1) is 0 Å². The zero-order chi connectivity index (χ0) is 19.5. The minimum absolute atomic E-state index is 0. The number of fused-ring (bicyclic) bond motifs is 1. The van der Waals surface area contributed by atoms with Crippen LogP contribution in [0.15, 0.2) is 23.2 Å². The summed E-state index contributed by atoms with van der Waals surface area (Å²) in [5, 5.41) is 7.13. The van der Waals surface area contributed by atoms with Gasteiger partial charge in [-0.15, -0.1) is 24.0 Å². The maximum atomic E-state index is 5.67. The first-order valence-electron chi connectivity index (χ1n) is 10.2. The number of nitrogens with one attached hydrogen (secondary N) is 2. The van der Waals surface area contributed by atoms with Crippen LogP contribution in [0, 0.1) is 0 Å². The number of hydrogen-bond donors (Lipinski definition) is 2. The second-order valence-electron chi connectivity index (χ2n) is 8.14. The van der Waals surface area contributed by atoms with Crippen molar-refractivity contribution < 1.29 is 14.2 Å². The Morgan fingerprint density at radius 2 is 1.86 bits per heavy atom. The molecule has 1 unspecified atom stereocenters. The van der Waals surface area contributed by atoms with Crippen molar-refractivity contribution in [3.8, 4) is 11.5 Å². The maximum Gasteiger partial charge on any atom is 0.231 e. The Hall–Kier alpha value is -0.870. The molecule has 3 aliphatic heterocycles. The van der Waals surface area contributed by atoms with Crippen molar-refractivity contribution in [1.29, 1.82) is 0 Å². The van der Waals surface area contributed by atoms with Crippen LogP contribution in [0.25, 0.3) is 0 Å². The van der Waals surface area contributed by atoms with Gasteiger partial charge in [-0.05, 0) is 56.1 Å². The third-order valence-electron chi connectivity index (χ3n) is 6.18. The summed E-state index contributed by atoms with van der Waals surface area (Å²) in [6, 6.07) is 6.34. The molecule has 2 N–H and O–H groups in total. The van der Waals surface area contributed by atoms with Crippen molar-refractivity contribution in [3.63, 3.8) is 0 Å². The Balaban J connectivity index is 0.00000240. The lowest BCUT2D eigenvalue weighted by atomic mass is 9.74. The van der Waals surface area contributed by atoms with Crippen molar-refractivity contribution in [2.75, 3.05) is 45.9 Å². The van der Waals surface area contributed by atoms with Crippen LogP contribution in [-0.2, 0) is 10.2 Å². The van der Waals surface area contributed by atoms with Crippen molar-refractivity contribution >= 4 is 41.7 Å². The van der Waals surface area contributed by atoms with Crippen LogP contribution >= 0.6 is 35.7 Å². The van der Waals surface area contributed by atoms with Crippen LogP contribution in [0.1, 0.15) is 38.2 Å². The Kier molecular flexibility index (Phi) is 7.83. The highest BCUT2D eigenvalue weighted by Gasteiger charge is 2.36. The van der Waals surface area contributed by atoms with Crippen molar-refractivity contribution in [2.45, 2.75) is 42.8 Å². The highest BCUT2D eigenvalue weighted by molar-refractivity contribution is 14.0. The van der Waals surface area contributed by atoms with E-state index in [1.165, 1.54) is 24.2 Å². The predicted octanol–water partition coefficient (Wildman–Crippen LogP) is 3.53. The molecule has 3 aliphatic rings. The first-order chi connectivity index (χ1) is 13.6. The number of aliphatic imine (C=N–C) groups is 1. The van der Waals surface area contributed by atoms with E-state index in [4.69, 9.17) is 14.2 Å². The lowest BCUT2D eigenvalue weighted by Crippen LogP contribution is -2.50. The number of nitrogens with zero attached hydrogens (tertiary/aromatic N) is 1. The fraction of sp³-hybridized carbons (Fsp3) is 0.667. The fourth-order valence-corrected chi connectivity index (χ4v) is 5.52. The first kappa shape index (κ1) is 22.8. The minimum atomic E-state index is 0.